The zero-order chi connectivity index (χ0) is 21.6. The Kier molecular flexibility index (Phi) is 1.73. The van der Waals surface area contributed by atoms with Crippen LogP contribution in [0.2, 0.25) is 0 Å². The van der Waals surface area contributed by atoms with Crippen molar-refractivity contribution >= 4 is 5.78 Å². The van der Waals surface area contributed by atoms with Crippen LogP contribution in [0.3, 0.4) is 0 Å². The van der Waals surface area contributed by atoms with E-state index in [1.807, 2.05) is 0 Å². The minimum absolute atomic E-state index is 0.0971. The van der Waals surface area contributed by atoms with Crippen LogP contribution in [0.15, 0.2) is 24.3 Å². The highest BCUT2D eigenvalue weighted by atomic mass is 19.4. The number of benzene rings is 1. The maximum atomic E-state index is 12.7. The van der Waals surface area contributed by atoms with E-state index in [4.69, 9.17) is 11.0 Å². The van der Waals surface area contributed by atoms with Gasteiger partial charge in [0.1, 0.15) is 5.78 Å². The average Bonchev–Trinajstić information content (AvgIpc) is 2.70. The molecule has 2 saturated heterocycles. The molecule has 1 aromatic rings. The summed E-state index contributed by atoms with van der Waals surface area (Å²) in [6, 6.07) is -1.95. The summed E-state index contributed by atoms with van der Waals surface area (Å²) in [7, 11) is 0. The van der Waals surface area contributed by atoms with E-state index in [0.717, 1.165) is 24.3 Å². The molecule has 5 heteroatoms. The first-order valence-electron chi connectivity index (χ1n) is 9.92. The van der Waals surface area contributed by atoms with E-state index in [2.05, 4.69) is 0 Å². The van der Waals surface area contributed by atoms with Crippen molar-refractivity contribution in [3.63, 3.8) is 0 Å². The van der Waals surface area contributed by atoms with Crippen LogP contribution < -0.4 is 0 Å². The van der Waals surface area contributed by atoms with E-state index in [0.29, 0.717) is 4.90 Å². The number of nitrogens with zero attached hydrogens (tertiary/aromatic N) is 1. The Hall–Kier alpha value is -1.36. The highest BCUT2D eigenvalue weighted by Gasteiger charge is 2.39. The van der Waals surface area contributed by atoms with E-state index in [1.165, 1.54) is 0 Å². The Morgan fingerprint density at radius 2 is 1.90 bits per heavy atom. The van der Waals surface area contributed by atoms with Crippen molar-refractivity contribution in [3.8, 4) is 0 Å². The van der Waals surface area contributed by atoms with Gasteiger partial charge in [-0.05, 0) is 30.5 Å². The first-order valence-corrected chi connectivity index (χ1v) is 5.92. The van der Waals surface area contributed by atoms with Crippen molar-refractivity contribution < 1.29 is 28.9 Å². The molecule has 0 N–H and O–H groups in total. The molecule has 2 unspecified atom stereocenters. The van der Waals surface area contributed by atoms with Crippen LogP contribution in [0.4, 0.5) is 13.2 Å². The fourth-order valence-electron chi connectivity index (χ4n) is 2.14. The number of alkyl halides is 3. The molecule has 1 aromatic carbocycles. The van der Waals surface area contributed by atoms with Crippen LogP contribution in [0.1, 0.15) is 47.6 Å². The number of Topliss-reactive ketones (excluding diaryl/α,β-unsaturated/α-hetero) is 1. The van der Waals surface area contributed by atoms with Gasteiger partial charge >= 0.3 is 6.18 Å². The van der Waals surface area contributed by atoms with Gasteiger partial charge in [-0.3, -0.25) is 9.69 Å². The normalized spacial score (nSPS) is 47.9. The van der Waals surface area contributed by atoms with E-state index in [9.17, 15) is 18.0 Å². The van der Waals surface area contributed by atoms with Gasteiger partial charge in [0.15, 0.2) is 0 Å². The molecule has 2 aliphatic heterocycles. The molecule has 108 valence electrons. The zero-order valence-electron chi connectivity index (χ0n) is 18.2. The van der Waals surface area contributed by atoms with Gasteiger partial charge in [-0.1, -0.05) is 12.1 Å². The molecule has 2 bridgehead atoms. The third kappa shape index (κ3) is 2.59. The van der Waals surface area contributed by atoms with Crippen molar-refractivity contribution in [1.82, 2.24) is 4.90 Å². The van der Waals surface area contributed by atoms with Crippen LogP contribution in [0.5, 0.6) is 0 Å². The molecule has 0 saturated carbocycles. The van der Waals surface area contributed by atoms with Crippen molar-refractivity contribution in [1.29, 1.82) is 0 Å². The third-order valence-corrected chi connectivity index (χ3v) is 3.13. The highest BCUT2D eigenvalue weighted by Crippen LogP contribution is 2.35. The summed E-state index contributed by atoms with van der Waals surface area (Å²) in [6.45, 7) is -0.572. The zero-order valence-corrected chi connectivity index (χ0v) is 10.2. The van der Waals surface area contributed by atoms with Gasteiger partial charge in [0.05, 0.1) is 5.56 Å². The molecule has 2 atom stereocenters. The summed E-state index contributed by atoms with van der Waals surface area (Å²) in [5.41, 5.74) is -0.852. The molecule has 2 nitrogen and oxygen atoms in total. The number of ketones is 1. The second kappa shape index (κ2) is 4.88. The molecule has 3 rings (SSSR count). The quantitative estimate of drug-likeness (QED) is 0.832. The summed E-state index contributed by atoms with van der Waals surface area (Å²) >= 11 is 0. The first-order chi connectivity index (χ1) is 12.4. The monoisotopic (exact) mass is 291 g/mol. The lowest BCUT2D eigenvalue weighted by Gasteiger charge is -2.34. The smallest absolute Gasteiger partial charge is 0.300 e. The molecule has 2 aliphatic rings. The summed E-state index contributed by atoms with van der Waals surface area (Å²) < 4.78 is 103. The Bertz CT molecular complexity index is 828. The lowest BCUT2D eigenvalue weighted by atomic mass is 10.0. The topological polar surface area (TPSA) is 20.3 Å². The van der Waals surface area contributed by atoms with Crippen molar-refractivity contribution in [2.45, 2.75) is 50.3 Å². The molecule has 0 aromatic heterocycles. The molecule has 0 aliphatic carbocycles. The van der Waals surface area contributed by atoms with E-state index in [1.54, 1.807) is 0 Å². The van der Waals surface area contributed by atoms with Gasteiger partial charge in [0.2, 0.25) is 0 Å². The fraction of sp³-hybridized carbons (Fsp3) is 0.533. The van der Waals surface area contributed by atoms with E-state index >= 15 is 0 Å². The fourth-order valence-corrected chi connectivity index (χ4v) is 2.14. The van der Waals surface area contributed by atoms with Gasteiger partial charge in [0.25, 0.3) is 0 Å². The molecule has 0 spiro atoms. The van der Waals surface area contributed by atoms with Crippen LogP contribution >= 0.6 is 0 Å². The van der Waals surface area contributed by atoms with Gasteiger partial charge < -0.3 is 0 Å². The predicted molar refractivity (Wildman–Crippen MR) is 68.0 cm³/mol. The second-order valence-corrected chi connectivity index (χ2v) is 4.51. The van der Waals surface area contributed by atoms with Crippen molar-refractivity contribution in [2.75, 3.05) is 0 Å². The lowest BCUT2D eigenvalue weighted by Crippen LogP contribution is -2.42. The van der Waals surface area contributed by atoms with Gasteiger partial charge in [0, 0.05) is 42.3 Å². The van der Waals surface area contributed by atoms with Crippen molar-refractivity contribution in [2.24, 2.45) is 0 Å². The molecule has 2 heterocycles. The van der Waals surface area contributed by atoms with Crippen LogP contribution in [-0.2, 0) is 17.5 Å². The Morgan fingerprint density at radius 1 is 1.25 bits per heavy atom. The largest absolute Gasteiger partial charge is 0.416 e. The van der Waals surface area contributed by atoms with Crippen LogP contribution in [0.25, 0.3) is 0 Å². The van der Waals surface area contributed by atoms with E-state index < -0.39 is 61.6 Å². The van der Waals surface area contributed by atoms with Gasteiger partial charge in [-0.2, -0.15) is 13.2 Å². The first kappa shape index (κ1) is 7.07. The number of piperidine rings is 1. The number of hydrogen-bond acceptors (Lipinski definition) is 2. The maximum absolute atomic E-state index is 12.7. The average molecular weight is 291 g/mol. The summed E-state index contributed by atoms with van der Waals surface area (Å²) in [4.78, 5) is 13.0. The maximum Gasteiger partial charge on any atom is 0.416 e. The highest BCUT2D eigenvalue weighted by molar-refractivity contribution is 5.80. The predicted octanol–water partition coefficient (Wildman–Crippen LogP) is 3.40. The molecular formula is C15H16F3NO. The summed E-state index contributed by atoms with van der Waals surface area (Å²) in [5.74, 6) is -1.69. The SMILES string of the molecule is [2H]C1([2H])CC2([2H])N(Cc3ccc(C(F)(F)F)cc3)C1([2H])C([2H])([2H])C(=O)C2([2H])[2H]. The summed E-state index contributed by atoms with van der Waals surface area (Å²) in [5, 5.41) is 0. The Labute approximate surface area is 126 Å². The van der Waals surface area contributed by atoms with E-state index in [-0.39, 0.29) is 5.56 Å². The number of carbonyl (C=O) groups excluding carboxylic acids is 1. The van der Waals surface area contributed by atoms with Crippen LogP contribution in [-0.4, -0.2) is 22.7 Å². The molecule has 20 heavy (non-hydrogen) atoms. The second-order valence-electron chi connectivity index (χ2n) is 4.51. The number of hydrogen-bond donors (Lipinski definition) is 0. The summed E-state index contributed by atoms with van der Waals surface area (Å²) in [6.07, 6.45) is -14.7. The van der Waals surface area contributed by atoms with Gasteiger partial charge in [-0.25, -0.2) is 0 Å². The van der Waals surface area contributed by atoms with Crippen LogP contribution in [0, 0.1) is 0 Å². The lowest BCUT2D eigenvalue weighted by molar-refractivity contribution is -0.137. The molecular weight excluding hydrogens is 267 g/mol. The minimum atomic E-state index is -4.59. The number of halogens is 3. The molecule has 2 fully saturated rings. The molecule has 0 radical (unpaired) electrons. The third-order valence-electron chi connectivity index (χ3n) is 3.13. The Morgan fingerprint density at radius 3 is 2.55 bits per heavy atom. The van der Waals surface area contributed by atoms with Crippen molar-refractivity contribution in [3.05, 3.63) is 35.4 Å². The number of carbonyl (C=O) groups is 1. The van der Waals surface area contributed by atoms with Gasteiger partial charge in [-0.15, -0.1) is 0 Å². The Balaban J connectivity index is 2.11. The number of rotatable bonds is 2. The number of fused-ring (bicyclic) bond motifs is 2. The minimum Gasteiger partial charge on any atom is -0.300 e. The molecule has 0 amide bonds. The standard InChI is InChI=1S/C15H16F3NO/c16-15(17,18)11-3-1-10(2-4-11)9-19-12-5-6-13(19)8-14(20)7-12/h1-4,12-13H,5-9H2/i5D2,7D2,8D2,12D,13D.